The number of hydrogen-bond acceptors (Lipinski definition) is 2. The van der Waals surface area contributed by atoms with Crippen LogP contribution in [-0.2, 0) is 4.79 Å². The Kier molecular flexibility index (Phi) is 2.86. The Labute approximate surface area is 94.7 Å². The van der Waals surface area contributed by atoms with Crippen molar-refractivity contribution >= 4 is 5.97 Å². The number of carboxylic acid groups (broad SMARTS) is 1. The predicted octanol–water partition coefficient (Wildman–Crippen LogP) is 2.61. The highest BCUT2D eigenvalue weighted by atomic mass is 16.4. The molecule has 3 nitrogen and oxygen atoms in total. The van der Waals surface area contributed by atoms with E-state index in [1.807, 2.05) is 12.1 Å². The first-order chi connectivity index (χ1) is 7.58. The van der Waals surface area contributed by atoms with Gasteiger partial charge in [0.25, 0.3) is 0 Å². The minimum absolute atomic E-state index is 0.139. The summed E-state index contributed by atoms with van der Waals surface area (Å²) in [6, 6.07) is 7.20. The summed E-state index contributed by atoms with van der Waals surface area (Å²) in [6.07, 6.45) is 1.69. The van der Waals surface area contributed by atoms with Crippen LogP contribution in [0.3, 0.4) is 0 Å². The first-order valence-corrected chi connectivity index (χ1v) is 5.59. The van der Waals surface area contributed by atoms with Crippen LogP contribution in [0.1, 0.15) is 31.2 Å². The topological polar surface area (TPSA) is 57.5 Å². The molecular formula is C13H16O3. The molecule has 0 amide bonds. The zero-order chi connectivity index (χ0) is 11.7. The lowest BCUT2D eigenvalue weighted by molar-refractivity contribution is -0.138. The van der Waals surface area contributed by atoms with Gasteiger partial charge in [-0.05, 0) is 42.4 Å². The quantitative estimate of drug-likeness (QED) is 0.820. The Morgan fingerprint density at radius 2 is 2.31 bits per heavy atom. The predicted molar refractivity (Wildman–Crippen MR) is 60.4 cm³/mol. The van der Waals surface area contributed by atoms with Crippen molar-refractivity contribution in [3.63, 3.8) is 0 Å². The maximum absolute atomic E-state index is 10.7. The van der Waals surface area contributed by atoms with Crippen molar-refractivity contribution in [2.24, 2.45) is 11.8 Å². The Morgan fingerprint density at radius 3 is 2.88 bits per heavy atom. The number of carboxylic acids is 1. The van der Waals surface area contributed by atoms with Crippen molar-refractivity contribution in [2.45, 2.75) is 25.7 Å². The molecule has 1 fully saturated rings. The fourth-order valence-corrected chi connectivity index (χ4v) is 2.23. The van der Waals surface area contributed by atoms with Gasteiger partial charge in [-0.1, -0.05) is 19.1 Å². The molecule has 86 valence electrons. The van der Waals surface area contributed by atoms with Gasteiger partial charge in [0.1, 0.15) is 5.75 Å². The molecule has 3 heteroatoms. The Morgan fingerprint density at radius 1 is 1.56 bits per heavy atom. The van der Waals surface area contributed by atoms with Gasteiger partial charge in [0.15, 0.2) is 0 Å². The maximum atomic E-state index is 10.7. The van der Waals surface area contributed by atoms with E-state index in [0.717, 1.165) is 18.4 Å². The summed E-state index contributed by atoms with van der Waals surface area (Å²) in [7, 11) is 0. The minimum atomic E-state index is -0.673. The molecular weight excluding hydrogens is 204 g/mol. The van der Waals surface area contributed by atoms with E-state index in [2.05, 4.69) is 6.92 Å². The van der Waals surface area contributed by atoms with E-state index in [4.69, 9.17) is 5.11 Å². The molecule has 16 heavy (non-hydrogen) atoms. The van der Waals surface area contributed by atoms with E-state index in [0.29, 0.717) is 11.8 Å². The van der Waals surface area contributed by atoms with E-state index in [-0.39, 0.29) is 11.7 Å². The first-order valence-electron chi connectivity index (χ1n) is 5.59. The molecule has 0 bridgehead atoms. The van der Waals surface area contributed by atoms with Crippen LogP contribution >= 0.6 is 0 Å². The third-order valence-corrected chi connectivity index (χ3v) is 3.34. The normalized spacial score (nSPS) is 25.1. The molecule has 0 aromatic heterocycles. The first kappa shape index (κ1) is 11.0. The van der Waals surface area contributed by atoms with Crippen molar-refractivity contribution in [1.82, 2.24) is 0 Å². The molecule has 0 spiro atoms. The van der Waals surface area contributed by atoms with E-state index in [1.165, 1.54) is 0 Å². The molecule has 0 aliphatic heterocycles. The molecule has 3 atom stereocenters. The van der Waals surface area contributed by atoms with Gasteiger partial charge in [0, 0.05) is 0 Å². The van der Waals surface area contributed by atoms with Gasteiger partial charge in [-0.3, -0.25) is 4.79 Å². The highest BCUT2D eigenvalue weighted by Crippen LogP contribution is 2.45. The lowest BCUT2D eigenvalue weighted by atomic mass is 9.94. The second-order valence-corrected chi connectivity index (χ2v) is 4.67. The molecule has 1 aliphatic rings. The molecule has 1 saturated carbocycles. The fourth-order valence-electron chi connectivity index (χ4n) is 2.23. The van der Waals surface area contributed by atoms with E-state index in [1.54, 1.807) is 12.1 Å². The summed E-state index contributed by atoms with van der Waals surface area (Å²) in [6.45, 7) is 2.08. The van der Waals surface area contributed by atoms with Crippen LogP contribution in [0.25, 0.3) is 0 Å². The van der Waals surface area contributed by atoms with Gasteiger partial charge < -0.3 is 10.2 Å². The van der Waals surface area contributed by atoms with Gasteiger partial charge in [0.05, 0.1) is 5.92 Å². The van der Waals surface area contributed by atoms with E-state index >= 15 is 0 Å². The Balaban J connectivity index is 1.94. The average molecular weight is 220 g/mol. The Hall–Kier alpha value is -1.51. The van der Waals surface area contributed by atoms with Crippen molar-refractivity contribution in [3.05, 3.63) is 29.8 Å². The summed E-state index contributed by atoms with van der Waals surface area (Å²) < 4.78 is 0. The molecule has 0 saturated heterocycles. The van der Waals surface area contributed by atoms with Crippen LogP contribution < -0.4 is 0 Å². The summed E-state index contributed by atoms with van der Waals surface area (Å²) in [5.74, 6) is 0.0825. The molecule has 0 heterocycles. The number of phenolic OH excluding ortho intramolecular Hbond substituents is 1. The van der Waals surface area contributed by atoms with Crippen LogP contribution in [0.2, 0.25) is 0 Å². The highest BCUT2D eigenvalue weighted by Gasteiger charge is 2.43. The highest BCUT2D eigenvalue weighted by molar-refractivity contribution is 5.73. The Bertz CT molecular complexity index is 400. The summed E-state index contributed by atoms with van der Waals surface area (Å²) in [4.78, 5) is 10.7. The number of carbonyl (C=O) groups is 1. The standard InChI is InChI=1S/C13H16O3/c1-8(5-10-7-12(10)13(15)16)9-3-2-4-11(14)6-9/h2-4,6,8,10,12,14H,5,7H2,1H3,(H,15,16). The zero-order valence-corrected chi connectivity index (χ0v) is 9.26. The van der Waals surface area contributed by atoms with Crippen molar-refractivity contribution in [2.75, 3.05) is 0 Å². The van der Waals surface area contributed by atoms with Gasteiger partial charge in [-0.15, -0.1) is 0 Å². The molecule has 1 aromatic carbocycles. The molecule has 3 unspecified atom stereocenters. The van der Waals surface area contributed by atoms with E-state index in [9.17, 15) is 9.90 Å². The number of benzene rings is 1. The van der Waals surface area contributed by atoms with E-state index < -0.39 is 5.97 Å². The van der Waals surface area contributed by atoms with Crippen LogP contribution in [0.5, 0.6) is 5.75 Å². The second-order valence-electron chi connectivity index (χ2n) is 4.67. The largest absolute Gasteiger partial charge is 0.508 e. The van der Waals surface area contributed by atoms with Gasteiger partial charge in [-0.25, -0.2) is 0 Å². The summed E-state index contributed by atoms with van der Waals surface area (Å²) in [5, 5.41) is 18.2. The molecule has 1 aromatic rings. The molecule has 2 N–H and O–H groups in total. The van der Waals surface area contributed by atoms with Gasteiger partial charge in [-0.2, -0.15) is 0 Å². The number of phenols is 1. The smallest absolute Gasteiger partial charge is 0.306 e. The summed E-state index contributed by atoms with van der Waals surface area (Å²) >= 11 is 0. The van der Waals surface area contributed by atoms with Crippen LogP contribution in [0, 0.1) is 11.8 Å². The molecule has 2 rings (SSSR count). The second kappa shape index (κ2) is 4.16. The summed E-state index contributed by atoms with van der Waals surface area (Å²) in [5.41, 5.74) is 1.08. The third-order valence-electron chi connectivity index (χ3n) is 3.34. The lowest BCUT2D eigenvalue weighted by Gasteiger charge is -2.11. The maximum Gasteiger partial charge on any atom is 0.306 e. The SMILES string of the molecule is CC(CC1CC1C(=O)O)c1cccc(O)c1. The number of hydrogen-bond donors (Lipinski definition) is 2. The minimum Gasteiger partial charge on any atom is -0.508 e. The number of aliphatic carboxylic acids is 1. The van der Waals surface area contributed by atoms with Gasteiger partial charge >= 0.3 is 5.97 Å². The zero-order valence-electron chi connectivity index (χ0n) is 9.26. The lowest BCUT2D eigenvalue weighted by Crippen LogP contribution is -2.02. The van der Waals surface area contributed by atoms with Crippen molar-refractivity contribution < 1.29 is 15.0 Å². The van der Waals surface area contributed by atoms with Gasteiger partial charge in [0.2, 0.25) is 0 Å². The number of aromatic hydroxyl groups is 1. The van der Waals surface area contributed by atoms with Crippen molar-refractivity contribution in [1.29, 1.82) is 0 Å². The molecule has 1 aliphatic carbocycles. The van der Waals surface area contributed by atoms with Crippen molar-refractivity contribution in [3.8, 4) is 5.75 Å². The third kappa shape index (κ3) is 2.35. The van der Waals surface area contributed by atoms with Crippen LogP contribution in [0.4, 0.5) is 0 Å². The average Bonchev–Trinajstić information content (AvgIpc) is 2.97. The number of rotatable bonds is 4. The van der Waals surface area contributed by atoms with Crippen LogP contribution in [-0.4, -0.2) is 16.2 Å². The fraction of sp³-hybridized carbons (Fsp3) is 0.462. The van der Waals surface area contributed by atoms with Crippen LogP contribution in [0.15, 0.2) is 24.3 Å². The monoisotopic (exact) mass is 220 g/mol. The molecule has 0 radical (unpaired) electrons.